The molecule has 1 rings (SSSR count). The summed E-state index contributed by atoms with van der Waals surface area (Å²) < 4.78 is 0. The lowest BCUT2D eigenvalue weighted by atomic mass is 9.97. The lowest BCUT2D eigenvalue weighted by Gasteiger charge is -2.10. The molecule has 0 aliphatic heterocycles. The third kappa shape index (κ3) is 2.17. The summed E-state index contributed by atoms with van der Waals surface area (Å²) in [6.45, 7) is 0.499. The first-order valence-corrected chi connectivity index (χ1v) is 3.98. The van der Waals surface area contributed by atoms with Crippen LogP contribution in [0.5, 0.6) is 0 Å². The van der Waals surface area contributed by atoms with E-state index in [1.54, 1.807) is 0 Å². The van der Waals surface area contributed by atoms with Gasteiger partial charge in [0.1, 0.15) is 0 Å². The second-order valence-corrected chi connectivity index (χ2v) is 2.69. The maximum atomic E-state index is 10.2. The number of hydrogen-bond acceptors (Lipinski definition) is 2. The van der Waals surface area contributed by atoms with Crippen molar-refractivity contribution in [1.82, 2.24) is 0 Å². The molecule has 12 heavy (non-hydrogen) atoms. The summed E-state index contributed by atoms with van der Waals surface area (Å²) in [5.41, 5.74) is 6.63. The monoisotopic (exact) mass is 162 g/mol. The molecule has 0 bridgehead atoms. The van der Waals surface area contributed by atoms with Gasteiger partial charge < -0.3 is 5.73 Å². The first-order valence-electron chi connectivity index (χ1n) is 3.98. The van der Waals surface area contributed by atoms with E-state index < -0.39 is 0 Å². The van der Waals surface area contributed by atoms with Crippen LogP contribution in [-0.2, 0) is 4.79 Å². The molecule has 63 valence electrons. The van der Waals surface area contributed by atoms with E-state index in [4.69, 9.17) is 5.73 Å². The predicted octanol–water partition coefficient (Wildman–Crippen LogP) is 1.23. The molecule has 0 saturated heterocycles. The van der Waals surface area contributed by atoms with Crippen molar-refractivity contribution < 1.29 is 4.79 Å². The minimum Gasteiger partial charge on any atom is -0.330 e. The van der Waals surface area contributed by atoms with E-state index in [2.05, 4.69) is 0 Å². The van der Waals surface area contributed by atoms with Crippen LogP contribution in [0.25, 0.3) is 0 Å². The van der Waals surface area contributed by atoms with Crippen LogP contribution in [-0.4, -0.2) is 12.8 Å². The number of rotatable bonds is 4. The predicted molar refractivity (Wildman–Crippen MR) is 48.5 cm³/mol. The average Bonchev–Trinajstić information content (AvgIpc) is 2.15. The molecule has 1 aromatic rings. The molecule has 1 unspecified atom stereocenters. The lowest BCUT2D eigenvalue weighted by Crippen LogP contribution is -2.12. The second-order valence-electron chi connectivity index (χ2n) is 2.69. The van der Waals surface area contributed by atoms with Crippen LogP contribution in [0.3, 0.4) is 0 Å². The molecule has 0 fully saturated rings. The molecule has 1 atom stereocenters. The summed E-state index contributed by atoms with van der Waals surface area (Å²) in [5, 5.41) is 0. The number of carbonyl (C=O) groups excluding carboxylic acids is 1. The SMILES string of the molecule is NCC(C[C]=O)c1ccccc1. The molecular formula is C10H12NO. The minimum absolute atomic E-state index is 0.128. The molecule has 2 N–H and O–H groups in total. The van der Waals surface area contributed by atoms with E-state index in [1.165, 1.54) is 0 Å². The van der Waals surface area contributed by atoms with Gasteiger partial charge in [-0.15, -0.1) is 0 Å². The van der Waals surface area contributed by atoms with Crippen molar-refractivity contribution in [3.05, 3.63) is 35.9 Å². The normalized spacial score (nSPS) is 12.4. The first kappa shape index (κ1) is 8.94. The summed E-state index contributed by atoms with van der Waals surface area (Å²) >= 11 is 0. The summed E-state index contributed by atoms with van der Waals surface area (Å²) in [4.78, 5) is 10.2. The Morgan fingerprint density at radius 1 is 1.33 bits per heavy atom. The Labute approximate surface area is 72.4 Å². The van der Waals surface area contributed by atoms with Crippen molar-refractivity contribution in [2.45, 2.75) is 12.3 Å². The van der Waals surface area contributed by atoms with E-state index in [0.717, 1.165) is 5.56 Å². The minimum atomic E-state index is 0.128. The van der Waals surface area contributed by atoms with Gasteiger partial charge in [0, 0.05) is 12.3 Å². The fourth-order valence-electron chi connectivity index (χ4n) is 1.16. The Hall–Kier alpha value is -1.15. The molecule has 2 heteroatoms. The van der Waals surface area contributed by atoms with E-state index in [9.17, 15) is 4.79 Å². The summed E-state index contributed by atoms with van der Waals surface area (Å²) in [5.74, 6) is 0.128. The Morgan fingerprint density at radius 3 is 2.50 bits per heavy atom. The fourth-order valence-corrected chi connectivity index (χ4v) is 1.16. The van der Waals surface area contributed by atoms with Gasteiger partial charge in [-0.2, -0.15) is 0 Å². The number of benzene rings is 1. The Bertz CT molecular complexity index is 233. The molecule has 0 aromatic heterocycles. The smallest absolute Gasteiger partial charge is 0.199 e. The van der Waals surface area contributed by atoms with Crippen LogP contribution in [0, 0.1) is 0 Å². The summed E-state index contributed by atoms with van der Waals surface area (Å²) in [7, 11) is 0. The van der Waals surface area contributed by atoms with E-state index >= 15 is 0 Å². The molecular weight excluding hydrogens is 150 g/mol. The molecule has 0 amide bonds. The van der Waals surface area contributed by atoms with Gasteiger partial charge in [-0.25, -0.2) is 0 Å². The molecule has 0 saturated carbocycles. The topological polar surface area (TPSA) is 43.1 Å². The van der Waals surface area contributed by atoms with Crippen molar-refractivity contribution in [2.75, 3.05) is 6.54 Å². The molecule has 0 heterocycles. The van der Waals surface area contributed by atoms with Crippen molar-refractivity contribution >= 4 is 6.29 Å². The lowest BCUT2D eigenvalue weighted by molar-refractivity contribution is 0.542. The van der Waals surface area contributed by atoms with Crippen LogP contribution in [0.4, 0.5) is 0 Å². The molecule has 0 spiro atoms. The van der Waals surface area contributed by atoms with Crippen LogP contribution in [0.2, 0.25) is 0 Å². The van der Waals surface area contributed by atoms with Gasteiger partial charge in [-0.3, -0.25) is 4.79 Å². The first-order chi connectivity index (χ1) is 5.88. The molecule has 0 aliphatic carbocycles. The molecule has 1 aromatic carbocycles. The maximum Gasteiger partial charge on any atom is 0.199 e. The largest absolute Gasteiger partial charge is 0.330 e. The van der Waals surface area contributed by atoms with Gasteiger partial charge in [0.15, 0.2) is 6.29 Å². The highest BCUT2D eigenvalue weighted by molar-refractivity contribution is 5.52. The highest BCUT2D eigenvalue weighted by Gasteiger charge is 2.07. The van der Waals surface area contributed by atoms with Crippen molar-refractivity contribution in [2.24, 2.45) is 5.73 Å². The standard InChI is InChI=1S/C10H12NO/c11-8-10(6-7-12)9-4-2-1-3-5-9/h1-5,10H,6,8,11H2. The molecule has 0 aliphatic rings. The third-order valence-electron chi connectivity index (χ3n) is 1.89. The van der Waals surface area contributed by atoms with Crippen molar-refractivity contribution in [1.29, 1.82) is 0 Å². The van der Waals surface area contributed by atoms with Gasteiger partial charge in [0.05, 0.1) is 0 Å². The Kier molecular flexibility index (Phi) is 3.48. The highest BCUT2D eigenvalue weighted by atomic mass is 16.1. The zero-order chi connectivity index (χ0) is 8.81. The van der Waals surface area contributed by atoms with E-state index in [0.29, 0.717) is 13.0 Å². The Balaban J connectivity index is 2.72. The fraction of sp³-hybridized carbons (Fsp3) is 0.300. The van der Waals surface area contributed by atoms with Crippen molar-refractivity contribution in [3.63, 3.8) is 0 Å². The van der Waals surface area contributed by atoms with Gasteiger partial charge in [0.25, 0.3) is 0 Å². The summed E-state index contributed by atoms with van der Waals surface area (Å²) in [6.07, 6.45) is 2.28. The maximum absolute atomic E-state index is 10.2. The van der Waals surface area contributed by atoms with E-state index in [-0.39, 0.29) is 5.92 Å². The van der Waals surface area contributed by atoms with Crippen LogP contribution in [0.15, 0.2) is 30.3 Å². The number of hydrogen-bond donors (Lipinski definition) is 1. The average molecular weight is 162 g/mol. The quantitative estimate of drug-likeness (QED) is 0.723. The van der Waals surface area contributed by atoms with Crippen molar-refractivity contribution in [3.8, 4) is 0 Å². The van der Waals surface area contributed by atoms with Crippen LogP contribution in [0.1, 0.15) is 17.9 Å². The van der Waals surface area contributed by atoms with Crippen LogP contribution >= 0.6 is 0 Å². The van der Waals surface area contributed by atoms with E-state index in [1.807, 2.05) is 36.6 Å². The highest BCUT2D eigenvalue weighted by Crippen LogP contribution is 2.16. The zero-order valence-electron chi connectivity index (χ0n) is 6.86. The van der Waals surface area contributed by atoms with Crippen LogP contribution < -0.4 is 5.73 Å². The zero-order valence-corrected chi connectivity index (χ0v) is 6.86. The Morgan fingerprint density at radius 2 is 2.00 bits per heavy atom. The van der Waals surface area contributed by atoms with Gasteiger partial charge in [0.2, 0.25) is 0 Å². The number of nitrogens with two attached hydrogens (primary N) is 1. The summed E-state index contributed by atoms with van der Waals surface area (Å²) in [6, 6.07) is 9.80. The molecule has 2 nitrogen and oxygen atoms in total. The third-order valence-corrected chi connectivity index (χ3v) is 1.89. The second kappa shape index (κ2) is 4.67. The molecule has 1 radical (unpaired) electrons. The van der Waals surface area contributed by atoms with Gasteiger partial charge in [-0.05, 0) is 12.1 Å². The van der Waals surface area contributed by atoms with Gasteiger partial charge in [-0.1, -0.05) is 30.3 Å². The van der Waals surface area contributed by atoms with Gasteiger partial charge >= 0.3 is 0 Å².